The topological polar surface area (TPSA) is 66.8 Å². The number of hydrogen-bond donors (Lipinski definition) is 1. The van der Waals surface area contributed by atoms with E-state index in [0.717, 1.165) is 5.56 Å². The molecule has 90 valence electrons. The molecule has 1 unspecified atom stereocenters. The molecule has 0 bridgehead atoms. The fraction of sp³-hybridized carbons (Fsp3) is 0.333. The number of carboxylic acids is 1. The molecule has 0 spiro atoms. The Bertz CT molecular complexity index is 458. The Morgan fingerprint density at radius 2 is 2.24 bits per heavy atom. The van der Waals surface area contributed by atoms with Crippen LogP contribution in [-0.2, 0) is 9.59 Å². The van der Waals surface area contributed by atoms with Gasteiger partial charge in [0.2, 0.25) is 5.91 Å². The second kappa shape index (κ2) is 4.45. The van der Waals surface area contributed by atoms with Gasteiger partial charge in [-0.15, -0.1) is 0 Å². The van der Waals surface area contributed by atoms with Gasteiger partial charge < -0.3 is 14.7 Å². The van der Waals surface area contributed by atoms with E-state index in [1.54, 1.807) is 13.2 Å². The van der Waals surface area contributed by atoms with Crippen molar-refractivity contribution in [2.24, 2.45) is 0 Å². The molecule has 1 fully saturated rings. The van der Waals surface area contributed by atoms with Crippen LogP contribution in [0.3, 0.4) is 0 Å². The maximum absolute atomic E-state index is 11.4. The van der Waals surface area contributed by atoms with Gasteiger partial charge in [0, 0.05) is 5.56 Å². The molecule has 17 heavy (non-hydrogen) atoms. The molecule has 1 aliphatic heterocycles. The van der Waals surface area contributed by atoms with E-state index >= 15 is 0 Å². The SMILES string of the molecule is COc1ccccc1C1CC(=O)N1CC(=O)O. The maximum Gasteiger partial charge on any atom is 0.323 e. The molecule has 2 rings (SSSR count). The minimum atomic E-state index is -1.00. The summed E-state index contributed by atoms with van der Waals surface area (Å²) in [6.07, 6.45) is 0.341. The van der Waals surface area contributed by atoms with Crippen LogP contribution in [0.15, 0.2) is 24.3 Å². The lowest BCUT2D eigenvalue weighted by molar-refractivity contribution is -0.155. The van der Waals surface area contributed by atoms with Crippen molar-refractivity contribution < 1.29 is 19.4 Å². The molecule has 1 amide bonds. The number of benzene rings is 1. The average Bonchev–Trinajstić information content (AvgIpc) is 2.33. The number of nitrogens with zero attached hydrogens (tertiary/aromatic N) is 1. The van der Waals surface area contributed by atoms with Crippen LogP contribution in [0.5, 0.6) is 5.75 Å². The molecular weight excluding hydrogens is 222 g/mol. The highest BCUT2D eigenvalue weighted by atomic mass is 16.5. The second-order valence-electron chi connectivity index (χ2n) is 3.88. The lowest BCUT2D eigenvalue weighted by Crippen LogP contribution is -2.48. The van der Waals surface area contributed by atoms with Crippen LogP contribution in [0.25, 0.3) is 0 Å². The predicted molar refractivity (Wildman–Crippen MR) is 59.7 cm³/mol. The Labute approximate surface area is 98.6 Å². The Hall–Kier alpha value is -2.04. The van der Waals surface area contributed by atoms with E-state index < -0.39 is 5.97 Å². The van der Waals surface area contributed by atoms with Crippen LogP contribution in [0.4, 0.5) is 0 Å². The number of hydrogen-bond acceptors (Lipinski definition) is 3. The summed E-state index contributed by atoms with van der Waals surface area (Å²) in [5.74, 6) is -0.457. The number of carbonyl (C=O) groups excluding carboxylic acids is 1. The number of β-lactam (4-membered cyclic amide) rings is 1. The number of para-hydroxylation sites is 1. The predicted octanol–water partition coefficient (Wildman–Crippen LogP) is 1.05. The van der Waals surface area contributed by atoms with Gasteiger partial charge in [0.25, 0.3) is 0 Å². The molecular formula is C12H13NO4. The molecule has 1 N–H and O–H groups in total. The lowest BCUT2D eigenvalue weighted by atomic mass is 9.93. The van der Waals surface area contributed by atoms with Crippen molar-refractivity contribution in [2.45, 2.75) is 12.5 Å². The maximum atomic E-state index is 11.4. The third-order valence-corrected chi connectivity index (χ3v) is 2.87. The molecule has 5 nitrogen and oxygen atoms in total. The van der Waals surface area contributed by atoms with Crippen molar-refractivity contribution in [3.63, 3.8) is 0 Å². The van der Waals surface area contributed by atoms with Gasteiger partial charge in [-0.2, -0.15) is 0 Å². The first kappa shape index (κ1) is 11.4. The molecule has 1 aliphatic rings. The van der Waals surface area contributed by atoms with E-state index in [4.69, 9.17) is 9.84 Å². The monoisotopic (exact) mass is 235 g/mol. The first-order chi connectivity index (χ1) is 8.13. The third-order valence-electron chi connectivity index (χ3n) is 2.87. The van der Waals surface area contributed by atoms with Gasteiger partial charge in [-0.3, -0.25) is 9.59 Å². The smallest absolute Gasteiger partial charge is 0.323 e. The van der Waals surface area contributed by atoms with Crippen molar-refractivity contribution in [1.29, 1.82) is 0 Å². The molecule has 0 saturated carbocycles. The minimum absolute atomic E-state index is 0.136. The molecule has 1 heterocycles. The van der Waals surface area contributed by atoms with Crippen molar-refractivity contribution in [3.8, 4) is 5.75 Å². The number of likely N-dealkylation sites (tertiary alicyclic amines) is 1. The quantitative estimate of drug-likeness (QED) is 0.792. The van der Waals surface area contributed by atoms with Crippen molar-refractivity contribution in [2.75, 3.05) is 13.7 Å². The van der Waals surface area contributed by atoms with Crippen molar-refractivity contribution >= 4 is 11.9 Å². The van der Waals surface area contributed by atoms with Crippen LogP contribution in [0.2, 0.25) is 0 Å². The highest BCUT2D eigenvalue weighted by molar-refractivity contribution is 5.87. The average molecular weight is 235 g/mol. The molecule has 1 atom stereocenters. The molecule has 0 aromatic heterocycles. The zero-order chi connectivity index (χ0) is 12.4. The van der Waals surface area contributed by atoms with Crippen LogP contribution < -0.4 is 4.74 Å². The van der Waals surface area contributed by atoms with Crippen LogP contribution in [0, 0.1) is 0 Å². The highest BCUT2D eigenvalue weighted by Gasteiger charge is 2.39. The largest absolute Gasteiger partial charge is 0.496 e. The Kier molecular flexibility index (Phi) is 2.99. The van der Waals surface area contributed by atoms with E-state index in [2.05, 4.69) is 0 Å². The first-order valence-corrected chi connectivity index (χ1v) is 5.27. The van der Waals surface area contributed by atoms with Gasteiger partial charge in [-0.25, -0.2) is 0 Å². The molecule has 1 aromatic rings. The summed E-state index contributed by atoms with van der Waals surface area (Å²) in [7, 11) is 1.56. The lowest BCUT2D eigenvalue weighted by Gasteiger charge is -2.40. The summed E-state index contributed by atoms with van der Waals surface area (Å²) in [6, 6.07) is 7.15. The van der Waals surface area contributed by atoms with Crippen LogP contribution in [0.1, 0.15) is 18.0 Å². The molecule has 1 saturated heterocycles. The zero-order valence-electron chi connectivity index (χ0n) is 9.42. The Balaban J connectivity index is 2.22. The normalized spacial score (nSPS) is 18.8. The fourth-order valence-electron chi connectivity index (χ4n) is 2.02. The Morgan fingerprint density at radius 1 is 1.53 bits per heavy atom. The summed E-state index contributed by atoms with van der Waals surface area (Å²) >= 11 is 0. The number of aliphatic carboxylic acids is 1. The van der Waals surface area contributed by atoms with Gasteiger partial charge in [-0.05, 0) is 6.07 Å². The molecule has 0 aliphatic carbocycles. The summed E-state index contributed by atoms with van der Waals surface area (Å²) in [5, 5.41) is 8.73. The molecule has 5 heteroatoms. The highest BCUT2D eigenvalue weighted by Crippen LogP contribution is 2.38. The summed E-state index contributed by atoms with van der Waals surface area (Å²) in [6.45, 7) is -0.262. The third kappa shape index (κ3) is 2.08. The number of ether oxygens (including phenoxy) is 1. The summed E-state index contributed by atoms with van der Waals surface area (Å²) < 4.78 is 5.21. The molecule has 1 aromatic carbocycles. The van der Waals surface area contributed by atoms with E-state index in [-0.39, 0.29) is 18.5 Å². The fourth-order valence-corrected chi connectivity index (χ4v) is 2.02. The van der Waals surface area contributed by atoms with E-state index in [1.807, 2.05) is 18.2 Å². The number of carbonyl (C=O) groups is 2. The van der Waals surface area contributed by atoms with Gasteiger partial charge in [-0.1, -0.05) is 18.2 Å². The Morgan fingerprint density at radius 3 is 2.82 bits per heavy atom. The van der Waals surface area contributed by atoms with Gasteiger partial charge in [0.05, 0.1) is 19.6 Å². The van der Waals surface area contributed by atoms with Crippen molar-refractivity contribution in [3.05, 3.63) is 29.8 Å². The van der Waals surface area contributed by atoms with Gasteiger partial charge in [0.1, 0.15) is 12.3 Å². The minimum Gasteiger partial charge on any atom is -0.496 e. The molecule has 0 radical (unpaired) electrons. The summed E-state index contributed by atoms with van der Waals surface area (Å²) in [5.41, 5.74) is 0.857. The van der Waals surface area contributed by atoms with E-state index in [9.17, 15) is 9.59 Å². The first-order valence-electron chi connectivity index (χ1n) is 5.27. The van der Waals surface area contributed by atoms with Crippen LogP contribution in [-0.4, -0.2) is 35.5 Å². The number of methoxy groups -OCH3 is 1. The second-order valence-corrected chi connectivity index (χ2v) is 3.88. The standard InChI is InChI=1S/C12H13NO4/c1-17-10-5-3-2-4-8(10)9-6-11(14)13(9)7-12(15)16/h2-5,9H,6-7H2,1H3,(H,15,16). The number of rotatable bonds is 4. The number of amides is 1. The summed E-state index contributed by atoms with van der Waals surface area (Å²) in [4.78, 5) is 23.4. The van der Waals surface area contributed by atoms with Gasteiger partial charge >= 0.3 is 5.97 Å². The van der Waals surface area contributed by atoms with Crippen LogP contribution >= 0.6 is 0 Å². The zero-order valence-corrected chi connectivity index (χ0v) is 9.42. The van der Waals surface area contributed by atoms with E-state index in [1.165, 1.54) is 4.90 Å². The number of carboxylic acid groups (broad SMARTS) is 1. The van der Waals surface area contributed by atoms with Gasteiger partial charge in [0.15, 0.2) is 0 Å². The van der Waals surface area contributed by atoms with E-state index in [0.29, 0.717) is 12.2 Å². The van der Waals surface area contributed by atoms with Crippen molar-refractivity contribution in [1.82, 2.24) is 4.90 Å².